The molecule has 0 fully saturated rings. The van der Waals surface area contributed by atoms with Crippen LogP contribution in [0.15, 0.2) is 152 Å². The maximum atomic E-state index is 3.06. The maximum absolute atomic E-state index is 3.06. The molecule has 0 aliphatic carbocycles. The summed E-state index contributed by atoms with van der Waals surface area (Å²) in [5.74, 6) is 0. The third kappa shape index (κ3) is 10.8. The second-order valence-electron chi connectivity index (χ2n) is 9.86. The third-order valence-electron chi connectivity index (χ3n) is 7.21. The fourth-order valence-electron chi connectivity index (χ4n) is 5.08. The zero-order valence-corrected chi connectivity index (χ0v) is 30.8. The summed E-state index contributed by atoms with van der Waals surface area (Å²) in [5.41, 5.74) is 8.11. The Balaban J connectivity index is 0.000000345. The Morgan fingerprint density at radius 3 is 1.20 bits per heavy atom. The maximum Gasteiger partial charge on any atom is -0.171 e. The quantitative estimate of drug-likeness (QED) is 0.128. The molecule has 7 rings (SSSR count). The molecule has 0 bridgehead atoms. The van der Waals surface area contributed by atoms with Crippen molar-refractivity contribution in [2.45, 2.75) is 26.7 Å². The number of hydrogen-bond donors (Lipinski definition) is 0. The average molecular weight is 680 g/mol. The van der Waals surface area contributed by atoms with Gasteiger partial charge in [0.05, 0.1) is 0 Å². The Morgan fingerprint density at radius 1 is 0.511 bits per heavy atom. The molecule has 2 heteroatoms. The second-order valence-corrected chi connectivity index (χ2v) is 9.86. The van der Waals surface area contributed by atoms with Gasteiger partial charge in [-0.2, -0.15) is 48.5 Å². The molecule has 230 valence electrons. The van der Waals surface area contributed by atoms with Crippen molar-refractivity contribution in [1.29, 1.82) is 0 Å². The Hall–Kier alpha value is -3.58. The third-order valence-corrected chi connectivity index (χ3v) is 7.21. The first-order valence-electron chi connectivity index (χ1n) is 14.4. The molecule has 7 aromatic rings. The van der Waals surface area contributed by atoms with Crippen LogP contribution in [0.1, 0.15) is 25.0 Å². The number of benzene rings is 5. The molecular formula is C43H44SiZr-6. The fourth-order valence-corrected chi connectivity index (χ4v) is 5.08. The van der Waals surface area contributed by atoms with E-state index < -0.39 is 0 Å². The van der Waals surface area contributed by atoms with E-state index in [1.54, 1.807) is 0 Å². The van der Waals surface area contributed by atoms with Gasteiger partial charge in [0.1, 0.15) is 0 Å². The van der Waals surface area contributed by atoms with Crippen molar-refractivity contribution in [3.8, 4) is 22.3 Å². The van der Waals surface area contributed by atoms with E-state index in [-0.39, 0.29) is 22.3 Å². The molecule has 0 saturated heterocycles. The molecule has 0 unspecified atom stereocenters. The number of fused-ring (bicyclic) bond motifs is 2. The van der Waals surface area contributed by atoms with E-state index in [1.165, 1.54) is 78.3 Å². The molecule has 0 amide bonds. The summed E-state index contributed by atoms with van der Waals surface area (Å²) in [6.07, 6.45) is 2.20. The summed E-state index contributed by atoms with van der Waals surface area (Å²) in [4.78, 5) is 0. The largest absolute Gasteiger partial charge is 0.184 e. The molecule has 0 aromatic heterocycles. The summed E-state index contributed by atoms with van der Waals surface area (Å²) >= 11 is 1.36. The predicted octanol–water partition coefficient (Wildman–Crippen LogP) is 12.0. The summed E-state index contributed by atoms with van der Waals surface area (Å²) < 4.78 is 0. The van der Waals surface area contributed by atoms with Gasteiger partial charge < -0.3 is 22.3 Å². The van der Waals surface area contributed by atoms with Gasteiger partial charge in [-0.3, -0.25) is 0 Å². The summed E-state index contributed by atoms with van der Waals surface area (Å²) in [6.45, 7) is 7.47. The van der Waals surface area contributed by atoms with Crippen molar-refractivity contribution in [3.63, 3.8) is 0 Å². The molecule has 45 heavy (non-hydrogen) atoms. The number of aryl methyl sites for hydroxylation is 2. The SMILES string of the molecule is CCc1cc2c(-c3ccccc3)cccc2[cH-]1.CCc1cc2c(-c3ccccc3)cccc2[cH-]1.[CH3-].[CH3-].[CH3-].[Si]=[Zr].[c-]1ccccc1. The van der Waals surface area contributed by atoms with Crippen molar-refractivity contribution in [3.05, 3.63) is 191 Å². The van der Waals surface area contributed by atoms with Gasteiger partial charge in [0.2, 0.25) is 0 Å². The Kier molecular flexibility index (Phi) is 18.6. The van der Waals surface area contributed by atoms with Crippen LogP contribution in [-0.2, 0) is 36.2 Å². The molecule has 0 aliphatic heterocycles. The van der Waals surface area contributed by atoms with Crippen LogP contribution in [0.2, 0.25) is 0 Å². The fraction of sp³-hybridized carbons (Fsp3) is 0.0930. The topological polar surface area (TPSA) is 0 Å². The first-order valence-corrected chi connectivity index (χ1v) is 18.6. The zero-order valence-electron chi connectivity index (χ0n) is 27.3. The molecule has 7 aromatic carbocycles. The van der Waals surface area contributed by atoms with Crippen LogP contribution in [0.5, 0.6) is 0 Å². The molecule has 0 N–H and O–H groups in total. The van der Waals surface area contributed by atoms with Gasteiger partial charge in [-0.25, -0.2) is 0 Å². The number of rotatable bonds is 4. The molecule has 0 aliphatic rings. The van der Waals surface area contributed by atoms with Crippen LogP contribution in [-0.4, -0.2) is 6.88 Å². The van der Waals surface area contributed by atoms with Gasteiger partial charge in [-0.05, 0) is 24.0 Å². The van der Waals surface area contributed by atoms with Gasteiger partial charge in [-0.15, -0.1) is 69.1 Å². The van der Waals surface area contributed by atoms with Gasteiger partial charge in [-0.1, -0.05) is 97.8 Å². The van der Waals surface area contributed by atoms with Gasteiger partial charge in [0.25, 0.3) is 0 Å². The normalized spacial score (nSPS) is 9.36. The monoisotopic (exact) mass is 678 g/mol. The van der Waals surface area contributed by atoms with E-state index in [9.17, 15) is 0 Å². The minimum atomic E-state index is 0. The zero-order chi connectivity index (χ0) is 29.6. The van der Waals surface area contributed by atoms with E-state index in [2.05, 4.69) is 148 Å². The van der Waals surface area contributed by atoms with Crippen LogP contribution in [0.3, 0.4) is 0 Å². The minimum Gasteiger partial charge on any atom is -0.184 e. The molecule has 2 radical (unpaired) electrons. The van der Waals surface area contributed by atoms with Crippen molar-refractivity contribution in [2.24, 2.45) is 0 Å². The summed E-state index contributed by atoms with van der Waals surface area (Å²) in [5, 5.41) is 5.44. The van der Waals surface area contributed by atoms with Crippen molar-refractivity contribution in [2.75, 3.05) is 0 Å². The van der Waals surface area contributed by atoms with Crippen LogP contribution >= 0.6 is 0 Å². The van der Waals surface area contributed by atoms with Crippen LogP contribution in [0, 0.1) is 28.3 Å². The van der Waals surface area contributed by atoms with Crippen molar-refractivity contribution in [1.82, 2.24) is 0 Å². The Bertz CT molecular complexity index is 1620. The molecular weight excluding hydrogens is 636 g/mol. The van der Waals surface area contributed by atoms with Crippen LogP contribution < -0.4 is 0 Å². The van der Waals surface area contributed by atoms with Gasteiger partial charge >= 0.3 is 30.2 Å². The van der Waals surface area contributed by atoms with Crippen LogP contribution in [0.25, 0.3) is 43.8 Å². The summed E-state index contributed by atoms with van der Waals surface area (Å²) in [7, 11) is 0. The molecule has 0 saturated carbocycles. The van der Waals surface area contributed by atoms with E-state index >= 15 is 0 Å². The van der Waals surface area contributed by atoms with Crippen molar-refractivity contribution < 1.29 is 23.3 Å². The molecule has 0 atom stereocenters. The van der Waals surface area contributed by atoms with Gasteiger partial charge in [0, 0.05) is 0 Å². The molecule has 0 heterocycles. The van der Waals surface area contributed by atoms with Crippen molar-refractivity contribution >= 4 is 28.4 Å². The summed E-state index contributed by atoms with van der Waals surface area (Å²) in [6, 6.07) is 56.0. The standard InChI is InChI=1S/2C17H15.C6H5.3CH3.Si.Zr/c2*1-2-13-11-15-9-6-10-16(17(15)12-13)14-7-4-3-5-8-14;1-2-4-6-5-3-1;;;;;/h2*3-12H,2H2,1H3;1-5H;3*1H3;;/q6*-1;;. The van der Waals surface area contributed by atoms with E-state index in [1.807, 2.05) is 30.3 Å². The Labute approximate surface area is 290 Å². The Morgan fingerprint density at radius 2 is 0.889 bits per heavy atom. The first kappa shape index (κ1) is 39.4. The smallest absolute Gasteiger partial charge is 0.171 e. The van der Waals surface area contributed by atoms with E-state index in [4.69, 9.17) is 0 Å². The van der Waals surface area contributed by atoms with Gasteiger partial charge in [0.15, 0.2) is 0 Å². The van der Waals surface area contributed by atoms with E-state index in [0.29, 0.717) is 0 Å². The minimum absolute atomic E-state index is 0. The van der Waals surface area contributed by atoms with Crippen LogP contribution in [0.4, 0.5) is 0 Å². The molecule has 0 nitrogen and oxygen atoms in total. The van der Waals surface area contributed by atoms with E-state index in [0.717, 1.165) is 12.8 Å². The first-order chi connectivity index (χ1) is 20.8. The number of hydrogen-bond acceptors (Lipinski definition) is 0. The second kappa shape index (κ2) is 21.2. The predicted molar refractivity (Wildman–Crippen MR) is 199 cm³/mol. The molecule has 0 spiro atoms. The average Bonchev–Trinajstić information content (AvgIpc) is 3.72.